The van der Waals surface area contributed by atoms with E-state index in [2.05, 4.69) is 34.7 Å². The summed E-state index contributed by atoms with van der Waals surface area (Å²) >= 11 is 0. The maximum absolute atomic E-state index is 5.06. The largest absolute Gasteiger partial charge is 0.380 e. The van der Waals surface area contributed by atoms with E-state index < -0.39 is 0 Å². The SMILES string of the molecule is COCc1ccc(CNCc2ccon2)cc1. The van der Waals surface area contributed by atoms with Gasteiger partial charge < -0.3 is 14.6 Å². The first kappa shape index (κ1) is 11.8. The van der Waals surface area contributed by atoms with Crippen LogP contribution in [-0.4, -0.2) is 12.3 Å². The summed E-state index contributed by atoms with van der Waals surface area (Å²) in [5, 5.41) is 7.13. The fourth-order valence-electron chi connectivity index (χ4n) is 1.58. The average molecular weight is 232 g/mol. The highest BCUT2D eigenvalue weighted by Crippen LogP contribution is 2.05. The van der Waals surface area contributed by atoms with Gasteiger partial charge in [0.05, 0.1) is 12.3 Å². The van der Waals surface area contributed by atoms with Crippen LogP contribution in [0.15, 0.2) is 41.1 Å². The quantitative estimate of drug-likeness (QED) is 0.828. The van der Waals surface area contributed by atoms with Gasteiger partial charge in [-0.15, -0.1) is 0 Å². The molecule has 1 aromatic carbocycles. The standard InChI is InChI=1S/C13H16N2O2/c1-16-10-12-4-2-11(3-5-12)8-14-9-13-6-7-17-15-13/h2-7,14H,8-10H2,1H3. The van der Waals surface area contributed by atoms with Crippen molar-refractivity contribution in [2.45, 2.75) is 19.7 Å². The molecule has 0 aliphatic heterocycles. The molecule has 4 heteroatoms. The molecule has 0 unspecified atom stereocenters. The maximum atomic E-state index is 5.06. The van der Waals surface area contributed by atoms with Crippen LogP contribution in [0.3, 0.4) is 0 Å². The van der Waals surface area contributed by atoms with Gasteiger partial charge in [0, 0.05) is 26.3 Å². The lowest BCUT2D eigenvalue weighted by Crippen LogP contribution is -2.12. The molecule has 0 bridgehead atoms. The van der Waals surface area contributed by atoms with E-state index in [4.69, 9.17) is 9.26 Å². The lowest BCUT2D eigenvalue weighted by atomic mass is 10.1. The minimum absolute atomic E-state index is 0.659. The highest BCUT2D eigenvalue weighted by molar-refractivity contribution is 5.21. The van der Waals surface area contributed by atoms with Crippen LogP contribution >= 0.6 is 0 Å². The Balaban J connectivity index is 1.79. The zero-order chi connectivity index (χ0) is 11.9. The third kappa shape index (κ3) is 3.69. The second-order valence-electron chi connectivity index (χ2n) is 3.84. The van der Waals surface area contributed by atoms with Gasteiger partial charge in [0.2, 0.25) is 0 Å². The van der Waals surface area contributed by atoms with E-state index >= 15 is 0 Å². The molecule has 0 aliphatic rings. The van der Waals surface area contributed by atoms with E-state index in [1.807, 2.05) is 6.07 Å². The first-order chi connectivity index (χ1) is 8.38. The summed E-state index contributed by atoms with van der Waals surface area (Å²) in [5.74, 6) is 0. The molecule has 2 aromatic rings. The first-order valence-corrected chi connectivity index (χ1v) is 5.55. The number of benzene rings is 1. The summed E-state index contributed by atoms with van der Waals surface area (Å²) in [6, 6.07) is 10.2. The van der Waals surface area contributed by atoms with E-state index in [1.165, 1.54) is 11.1 Å². The molecule has 0 aliphatic carbocycles. The summed E-state index contributed by atoms with van der Waals surface area (Å²) in [7, 11) is 1.70. The topological polar surface area (TPSA) is 47.3 Å². The molecule has 1 N–H and O–H groups in total. The van der Waals surface area contributed by atoms with Crippen molar-refractivity contribution in [1.82, 2.24) is 10.5 Å². The fraction of sp³-hybridized carbons (Fsp3) is 0.308. The van der Waals surface area contributed by atoms with Crippen molar-refractivity contribution in [2.75, 3.05) is 7.11 Å². The summed E-state index contributed by atoms with van der Waals surface area (Å²) < 4.78 is 9.82. The van der Waals surface area contributed by atoms with Crippen molar-refractivity contribution in [3.05, 3.63) is 53.4 Å². The number of nitrogens with zero attached hydrogens (tertiary/aromatic N) is 1. The smallest absolute Gasteiger partial charge is 0.124 e. The molecule has 17 heavy (non-hydrogen) atoms. The molecule has 90 valence electrons. The van der Waals surface area contributed by atoms with Crippen molar-refractivity contribution < 1.29 is 9.26 Å². The molecular weight excluding hydrogens is 216 g/mol. The Morgan fingerprint density at radius 1 is 1.12 bits per heavy atom. The van der Waals surface area contributed by atoms with Gasteiger partial charge in [-0.3, -0.25) is 0 Å². The van der Waals surface area contributed by atoms with Crippen LogP contribution in [0.2, 0.25) is 0 Å². The zero-order valence-corrected chi connectivity index (χ0v) is 9.85. The van der Waals surface area contributed by atoms with E-state index in [0.29, 0.717) is 6.61 Å². The van der Waals surface area contributed by atoms with Gasteiger partial charge in [0.15, 0.2) is 0 Å². The van der Waals surface area contributed by atoms with Gasteiger partial charge in [-0.1, -0.05) is 29.4 Å². The second kappa shape index (κ2) is 6.18. The molecule has 0 fully saturated rings. The van der Waals surface area contributed by atoms with E-state index in [0.717, 1.165) is 18.8 Å². The van der Waals surface area contributed by atoms with Gasteiger partial charge in [0.25, 0.3) is 0 Å². The predicted octanol–water partition coefficient (Wildman–Crippen LogP) is 2.11. The lowest BCUT2D eigenvalue weighted by molar-refractivity contribution is 0.185. The van der Waals surface area contributed by atoms with E-state index in [-0.39, 0.29) is 0 Å². The lowest BCUT2D eigenvalue weighted by Gasteiger charge is -2.04. The van der Waals surface area contributed by atoms with Crippen molar-refractivity contribution in [3.63, 3.8) is 0 Å². The summed E-state index contributed by atoms with van der Waals surface area (Å²) in [6.45, 7) is 2.20. The first-order valence-electron chi connectivity index (χ1n) is 5.55. The Kier molecular flexibility index (Phi) is 4.30. The van der Waals surface area contributed by atoms with E-state index in [9.17, 15) is 0 Å². The highest BCUT2D eigenvalue weighted by atomic mass is 16.5. The number of ether oxygens (including phenoxy) is 1. The molecule has 4 nitrogen and oxygen atoms in total. The monoisotopic (exact) mass is 232 g/mol. The predicted molar refractivity (Wildman–Crippen MR) is 64.2 cm³/mol. The average Bonchev–Trinajstić information content (AvgIpc) is 2.85. The van der Waals surface area contributed by atoms with Crippen LogP contribution in [0.4, 0.5) is 0 Å². The van der Waals surface area contributed by atoms with Gasteiger partial charge in [0.1, 0.15) is 6.26 Å². The van der Waals surface area contributed by atoms with Crippen LogP contribution in [0, 0.1) is 0 Å². The van der Waals surface area contributed by atoms with Crippen LogP contribution < -0.4 is 5.32 Å². The minimum Gasteiger partial charge on any atom is -0.380 e. The van der Waals surface area contributed by atoms with Gasteiger partial charge in [-0.25, -0.2) is 0 Å². The Morgan fingerprint density at radius 3 is 2.53 bits per heavy atom. The third-order valence-electron chi connectivity index (χ3n) is 2.46. The van der Waals surface area contributed by atoms with Gasteiger partial charge >= 0.3 is 0 Å². The maximum Gasteiger partial charge on any atom is 0.124 e. The number of hydrogen-bond acceptors (Lipinski definition) is 4. The molecule has 0 saturated carbocycles. The van der Waals surface area contributed by atoms with Crippen LogP contribution in [0.25, 0.3) is 0 Å². The van der Waals surface area contributed by atoms with Gasteiger partial charge in [-0.2, -0.15) is 0 Å². The van der Waals surface area contributed by atoms with Crippen LogP contribution in [0.5, 0.6) is 0 Å². The number of nitrogens with one attached hydrogen (secondary N) is 1. The molecule has 0 saturated heterocycles. The molecule has 1 aromatic heterocycles. The molecule has 0 amide bonds. The highest BCUT2D eigenvalue weighted by Gasteiger charge is 1.97. The number of aromatic nitrogens is 1. The van der Waals surface area contributed by atoms with Crippen LogP contribution in [0.1, 0.15) is 16.8 Å². The van der Waals surface area contributed by atoms with Crippen molar-refractivity contribution in [2.24, 2.45) is 0 Å². The molecule has 0 atom stereocenters. The Labute approximate surface area is 101 Å². The molecule has 2 rings (SSSR count). The summed E-state index contributed by atoms with van der Waals surface area (Å²) in [4.78, 5) is 0. The Morgan fingerprint density at radius 2 is 1.88 bits per heavy atom. The summed E-state index contributed by atoms with van der Waals surface area (Å²) in [6.07, 6.45) is 1.58. The van der Waals surface area contributed by atoms with Crippen LogP contribution in [-0.2, 0) is 24.4 Å². The normalized spacial score (nSPS) is 10.6. The Bertz CT molecular complexity index is 423. The molecule has 0 radical (unpaired) electrons. The number of rotatable bonds is 6. The Hall–Kier alpha value is -1.65. The van der Waals surface area contributed by atoms with Crippen molar-refractivity contribution in [1.29, 1.82) is 0 Å². The number of hydrogen-bond donors (Lipinski definition) is 1. The van der Waals surface area contributed by atoms with E-state index in [1.54, 1.807) is 13.4 Å². The number of methoxy groups -OCH3 is 1. The molecule has 1 heterocycles. The minimum atomic E-state index is 0.659. The molecular formula is C13H16N2O2. The van der Waals surface area contributed by atoms with Crippen molar-refractivity contribution >= 4 is 0 Å². The summed E-state index contributed by atoms with van der Waals surface area (Å²) in [5.41, 5.74) is 3.35. The zero-order valence-electron chi connectivity index (χ0n) is 9.85. The third-order valence-corrected chi connectivity index (χ3v) is 2.46. The molecule has 0 spiro atoms. The fourth-order valence-corrected chi connectivity index (χ4v) is 1.58. The van der Waals surface area contributed by atoms with Crippen molar-refractivity contribution in [3.8, 4) is 0 Å². The van der Waals surface area contributed by atoms with Gasteiger partial charge in [-0.05, 0) is 11.1 Å². The second-order valence-corrected chi connectivity index (χ2v) is 3.84.